The van der Waals surface area contributed by atoms with Crippen LogP contribution in [0, 0.1) is 0 Å². The van der Waals surface area contributed by atoms with Gasteiger partial charge in [0, 0.05) is 21.9 Å². The summed E-state index contributed by atoms with van der Waals surface area (Å²) in [5.74, 6) is 1.86. The second kappa shape index (κ2) is 12.5. The molecule has 4 nitrogen and oxygen atoms in total. The molecule has 278 valence electrons. The van der Waals surface area contributed by atoms with E-state index >= 15 is 0 Å². The topological polar surface area (TPSA) is 43.6 Å². The number of hydrogen-bond donors (Lipinski definition) is 0. The van der Waals surface area contributed by atoms with E-state index in [2.05, 4.69) is 193 Å². The van der Waals surface area contributed by atoms with Crippen LogP contribution < -0.4 is 0 Å². The first-order valence-electron chi connectivity index (χ1n) is 20.5. The maximum Gasteiger partial charge on any atom is 0.238 e. The van der Waals surface area contributed by atoms with E-state index in [0.717, 1.165) is 49.3 Å². The normalized spacial score (nSPS) is 13.1. The molecule has 0 fully saturated rings. The first-order chi connectivity index (χ1) is 29.8. The van der Waals surface area contributed by atoms with Gasteiger partial charge in [-0.2, -0.15) is 9.97 Å². The monoisotopic (exact) mass is 762 g/mol. The van der Waals surface area contributed by atoms with Crippen molar-refractivity contribution in [3.63, 3.8) is 0 Å². The molecule has 2 aliphatic rings. The minimum absolute atomic E-state index is 0.397. The smallest absolute Gasteiger partial charge is 0.238 e. The van der Waals surface area contributed by atoms with Crippen LogP contribution in [0.25, 0.3) is 94.7 Å². The van der Waals surface area contributed by atoms with E-state index in [0.29, 0.717) is 17.6 Å². The maximum atomic E-state index is 5.28. The van der Waals surface area contributed by atoms with Gasteiger partial charge in [-0.1, -0.05) is 182 Å². The van der Waals surface area contributed by atoms with Gasteiger partial charge < -0.3 is 0 Å². The molecule has 2 aromatic heterocycles. The molecule has 0 saturated carbocycles. The largest absolute Gasteiger partial charge is 0.278 e. The molecule has 0 N–H and O–H groups in total. The summed E-state index contributed by atoms with van der Waals surface area (Å²) in [6.45, 7) is 0. The van der Waals surface area contributed by atoms with Crippen molar-refractivity contribution in [3.05, 3.63) is 229 Å². The summed E-state index contributed by atoms with van der Waals surface area (Å²) in [7, 11) is 0. The fourth-order valence-corrected chi connectivity index (χ4v) is 10.4. The summed E-state index contributed by atoms with van der Waals surface area (Å²) in [6.07, 6.45) is 0. The van der Waals surface area contributed by atoms with E-state index in [9.17, 15) is 0 Å². The van der Waals surface area contributed by atoms with Crippen LogP contribution >= 0.6 is 0 Å². The lowest BCUT2D eigenvalue weighted by atomic mass is 9.70. The van der Waals surface area contributed by atoms with Gasteiger partial charge in [-0.3, -0.25) is 4.57 Å². The van der Waals surface area contributed by atoms with E-state index in [4.69, 9.17) is 15.0 Å². The van der Waals surface area contributed by atoms with Crippen molar-refractivity contribution in [2.75, 3.05) is 0 Å². The zero-order valence-corrected chi connectivity index (χ0v) is 32.4. The highest BCUT2D eigenvalue weighted by atomic mass is 15.2. The molecule has 60 heavy (non-hydrogen) atoms. The lowest BCUT2D eigenvalue weighted by Crippen LogP contribution is -2.25. The Morgan fingerprint density at radius 1 is 0.317 bits per heavy atom. The molecule has 0 bridgehead atoms. The first-order valence-corrected chi connectivity index (χ1v) is 20.5. The van der Waals surface area contributed by atoms with Gasteiger partial charge in [-0.25, -0.2) is 4.98 Å². The van der Waals surface area contributed by atoms with E-state index in [-0.39, 0.29) is 0 Å². The number of hydrogen-bond acceptors (Lipinski definition) is 3. The Kier molecular flexibility index (Phi) is 6.90. The summed E-state index contributed by atoms with van der Waals surface area (Å²) in [6, 6.07) is 74.5. The molecule has 0 unspecified atom stereocenters. The molecule has 0 aliphatic heterocycles. The summed E-state index contributed by atoms with van der Waals surface area (Å²) in [4.78, 5) is 15.6. The van der Waals surface area contributed by atoms with Crippen molar-refractivity contribution < 1.29 is 0 Å². The zero-order valence-electron chi connectivity index (χ0n) is 32.4. The van der Waals surface area contributed by atoms with Crippen molar-refractivity contribution in [1.29, 1.82) is 0 Å². The highest BCUT2D eigenvalue weighted by molar-refractivity contribution is 6.10. The van der Waals surface area contributed by atoms with Crippen LogP contribution in [0.1, 0.15) is 22.3 Å². The number of fused-ring (bicyclic) bond motifs is 14. The summed E-state index contributed by atoms with van der Waals surface area (Å²) < 4.78 is 2.21. The molecule has 0 radical (unpaired) electrons. The second-order valence-electron chi connectivity index (χ2n) is 15.9. The Hall–Kier alpha value is -7.95. The third-order valence-corrected chi connectivity index (χ3v) is 12.9. The van der Waals surface area contributed by atoms with Crippen molar-refractivity contribution in [2.24, 2.45) is 0 Å². The van der Waals surface area contributed by atoms with E-state index in [1.807, 2.05) is 18.2 Å². The zero-order chi connectivity index (χ0) is 39.4. The van der Waals surface area contributed by atoms with Crippen LogP contribution in [-0.4, -0.2) is 19.5 Å². The van der Waals surface area contributed by atoms with Crippen molar-refractivity contribution in [2.45, 2.75) is 5.41 Å². The third kappa shape index (κ3) is 4.53. The van der Waals surface area contributed by atoms with Crippen molar-refractivity contribution >= 4 is 32.6 Å². The number of aromatic nitrogens is 4. The molecule has 11 aromatic rings. The molecule has 1 spiro atoms. The quantitative estimate of drug-likeness (QED) is 0.179. The molecule has 0 atom stereocenters. The molecular weight excluding hydrogens is 729 g/mol. The molecule has 9 aromatic carbocycles. The molecule has 2 aliphatic carbocycles. The first kappa shape index (κ1) is 33.1. The number of benzene rings is 9. The van der Waals surface area contributed by atoms with E-state index < -0.39 is 5.41 Å². The van der Waals surface area contributed by atoms with Crippen LogP contribution in [0.2, 0.25) is 0 Å². The van der Waals surface area contributed by atoms with Gasteiger partial charge >= 0.3 is 0 Å². The van der Waals surface area contributed by atoms with Crippen LogP contribution in [0.15, 0.2) is 206 Å². The van der Waals surface area contributed by atoms with Gasteiger partial charge in [-0.05, 0) is 90.7 Å². The molecule has 4 heteroatoms. The summed E-state index contributed by atoms with van der Waals surface area (Å²) >= 11 is 0. The summed E-state index contributed by atoms with van der Waals surface area (Å²) in [5.41, 5.74) is 16.6. The summed E-state index contributed by atoms with van der Waals surface area (Å²) in [5, 5.41) is 4.54. The highest BCUT2D eigenvalue weighted by Gasteiger charge is 2.51. The lowest BCUT2D eigenvalue weighted by Gasteiger charge is -2.30. The SMILES string of the molecule is c1ccc(-c2nc(-c3cccc4ccccc34)nc(-n3c4ccccc4c4cc(-c5ccc6c(c5)C5(c7ccccc7-c7ccccc75)c5ccccc5-6)ccc43)n2)cc1. The highest BCUT2D eigenvalue weighted by Crippen LogP contribution is 2.63. The van der Waals surface area contributed by atoms with Crippen LogP contribution in [0.4, 0.5) is 0 Å². The van der Waals surface area contributed by atoms with Gasteiger partial charge in [0.05, 0.1) is 16.4 Å². The fraction of sp³-hybridized carbons (Fsp3) is 0.0179. The fourth-order valence-electron chi connectivity index (χ4n) is 10.4. The van der Waals surface area contributed by atoms with Gasteiger partial charge in [0.15, 0.2) is 11.6 Å². The molecule has 0 saturated heterocycles. The van der Waals surface area contributed by atoms with Crippen LogP contribution in [-0.2, 0) is 5.41 Å². The maximum absolute atomic E-state index is 5.28. The van der Waals surface area contributed by atoms with Gasteiger partial charge in [0.1, 0.15) is 0 Å². The number of para-hydroxylation sites is 1. The lowest BCUT2D eigenvalue weighted by molar-refractivity contribution is 0.794. The van der Waals surface area contributed by atoms with Gasteiger partial charge in [0.25, 0.3) is 0 Å². The van der Waals surface area contributed by atoms with E-state index in [1.165, 1.54) is 50.1 Å². The second-order valence-corrected chi connectivity index (χ2v) is 15.9. The Bertz CT molecular complexity index is 3490. The Morgan fingerprint density at radius 2 is 0.850 bits per heavy atom. The van der Waals surface area contributed by atoms with Gasteiger partial charge in [-0.15, -0.1) is 0 Å². The predicted octanol–water partition coefficient (Wildman–Crippen LogP) is 13.5. The average Bonchev–Trinajstić information content (AvgIpc) is 3.93. The average molecular weight is 763 g/mol. The Morgan fingerprint density at radius 3 is 1.60 bits per heavy atom. The van der Waals surface area contributed by atoms with E-state index in [1.54, 1.807) is 0 Å². The standard InChI is InChI=1S/C56H34N4/c1-2-16-36(17-3-1)53-57-54(45-24-14-18-35-15-4-5-19-39(35)45)59-55(58-53)60-51-28-13-9-23-44(51)46-33-37(30-32-52(46)60)38-29-31-43-42-22-8-12-27-49(42)56(50(43)34-38)47-25-10-6-20-40(47)41-21-7-11-26-48(41)56/h1-34H. The predicted molar refractivity (Wildman–Crippen MR) is 244 cm³/mol. The molecule has 2 heterocycles. The van der Waals surface area contributed by atoms with Crippen LogP contribution in [0.5, 0.6) is 0 Å². The minimum Gasteiger partial charge on any atom is -0.278 e. The number of rotatable bonds is 4. The third-order valence-electron chi connectivity index (χ3n) is 12.9. The van der Waals surface area contributed by atoms with Crippen LogP contribution in [0.3, 0.4) is 0 Å². The molecular formula is C56H34N4. The molecule has 0 amide bonds. The number of nitrogens with zero attached hydrogens (tertiary/aromatic N) is 4. The van der Waals surface area contributed by atoms with Crippen molar-refractivity contribution in [1.82, 2.24) is 19.5 Å². The molecule has 13 rings (SSSR count). The Labute approximate surface area is 346 Å². The minimum atomic E-state index is -0.397. The van der Waals surface area contributed by atoms with Gasteiger partial charge in [0.2, 0.25) is 5.95 Å². The van der Waals surface area contributed by atoms with Crippen molar-refractivity contribution in [3.8, 4) is 62.1 Å². The Balaban J connectivity index is 1.02.